The van der Waals surface area contributed by atoms with Gasteiger partial charge in [0.2, 0.25) is 0 Å². The summed E-state index contributed by atoms with van der Waals surface area (Å²) in [6.07, 6.45) is 1.92. The van der Waals surface area contributed by atoms with Crippen molar-refractivity contribution in [2.24, 2.45) is 0 Å². The molecule has 0 heterocycles. The summed E-state index contributed by atoms with van der Waals surface area (Å²) in [7, 11) is 1.59. The minimum Gasteiger partial charge on any atom is -0.444 e. The van der Waals surface area contributed by atoms with Crippen molar-refractivity contribution in [3.05, 3.63) is 0 Å². The van der Waals surface area contributed by atoms with E-state index in [1.165, 1.54) is 0 Å². The van der Waals surface area contributed by atoms with Gasteiger partial charge in [-0.2, -0.15) is 0 Å². The van der Waals surface area contributed by atoms with Crippen LogP contribution in [-0.2, 0) is 9.47 Å². The Labute approximate surface area is 103 Å². The summed E-state index contributed by atoms with van der Waals surface area (Å²) in [5.74, 6) is 0. The zero-order valence-electron chi connectivity index (χ0n) is 11.3. The number of rotatable bonds is 7. The second kappa shape index (κ2) is 8.31. The average Bonchev–Trinajstić information content (AvgIpc) is 2.15. The van der Waals surface area contributed by atoms with E-state index in [4.69, 9.17) is 14.6 Å². The summed E-state index contributed by atoms with van der Waals surface area (Å²) in [5, 5.41) is 11.5. The molecule has 0 saturated carbocycles. The topological polar surface area (TPSA) is 67.8 Å². The number of amides is 1. The fourth-order valence-corrected chi connectivity index (χ4v) is 1.38. The third-order valence-electron chi connectivity index (χ3n) is 2.05. The first-order valence-electron chi connectivity index (χ1n) is 5.98. The molecule has 0 aromatic carbocycles. The number of ether oxygens (including phenoxy) is 2. The van der Waals surface area contributed by atoms with Gasteiger partial charge in [-0.05, 0) is 40.0 Å². The molecule has 17 heavy (non-hydrogen) atoms. The molecule has 0 radical (unpaired) electrons. The third-order valence-corrected chi connectivity index (χ3v) is 2.05. The Balaban J connectivity index is 4.01. The monoisotopic (exact) mass is 247 g/mol. The fraction of sp³-hybridized carbons (Fsp3) is 0.917. The molecule has 0 bridgehead atoms. The molecule has 0 fully saturated rings. The lowest BCUT2D eigenvalue weighted by Crippen LogP contribution is -2.41. The van der Waals surface area contributed by atoms with Gasteiger partial charge in [0, 0.05) is 13.7 Å². The van der Waals surface area contributed by atoms with Gasteiger partial charge in [0.05, 0.1) is 12.6 Å². The standard InChI is InChI=1S/C12H25NO4/c1-12(2,3)17-11(15)13-10(9-16-4)7-5-6-8-14/h10,14H,5-9H2,1-4H3,(H,13,15)/t10-/m0/s1. The Kier molecular flexibility index (Phi) is 7.91. The number of aliphatic hydroxyl groups excluding tert-OH is 1. The van der Waals surface area contributed by atoms with E-state index in [9.17, 15) is 4.79 Å². The van der Waals surface area contributed by atoms with Crippen LogP contribution in [-0.4, -0.2) is 43.2 Å². The maximum absolute atomic E-state index is 11.5. The third kappa shape index (κ3) is 10.1. The molecule has 0 rings (SSSR count). The zero-order chi connectivity index (χ0) is 13.3. The van der Waals surface area contributed by atoms with Crippen LogP contribution in [0.3, 0.4) is 0 Å². The molecule has 0 aliphatic rings. The molecule has 0 unspecified atom stereocenters. The SMILES string of the molecule is COC[C@H](CCCCO)NC(=O)OC(C)(C)C. The minimum atomic E-state index is -0.493. The number of hydrogen-bond acceptors (Lipinski definition) is 4. The van der Waals surface area contributed by atoms with Gasteiger partial charge in [0.15, 0.2) is 0 Å². The number of aliphatic hydroxyl groups is 1. The number of methoxy groups -OCH3 is 1. The number of alkyl carbamates (subject to hydrolysis) is 1. The van der Waals surface area contributed by atoms with E-state index < -0.39 is 11.7 Å². The lowest BCUT2D eigenvalue weighted by atomic mass is 10.1. The first kappa shape index (κ1) is 16.2. The van der Waals surface area contributed by atoms with E-state index in [1.807, 2.05) is 20.8 Å². The van der Waals surface area contributed by atoms with Crippen molar-refractivity contribution in [2.45, 2.75) is 51.7 Å². The van der Waals surface area contributed by atoms with Gasteiger partial charge in [-0.15, -0.1) is 0 Å². The number of carbonyl (C=O) groups excluding carboxylic acids is 1. The molecule has 0 aliphatic heterocycles. The van der Waals surface area contributed by atoms with Crippen LogP contribution in [0.5, 0.6) is 0 Å². The maximum atomic E-state index is 11.5. The van der Waals surface area contributed by atoms with Crippen molar-refractivity contribution >= 4 is 6.09 Å². The predicted octanol–water partition coefficient (Wildman–Crippen LogP) is 1.69. The number of nitrogens with one attached hydrogen (secondary N) is 1. The fourth-order valence-electron chi connectivity index (χ4n) is 1.38. The molecule has 1 amide bonds. The van der Waals surface area contributed by atoms with Crippen molar-refractivity contribution < 1.29 is 19.4 Å². The Morgan fingerprint density at radius 3 is 2.47 bits per heavy atom. The van der Waals surface area contributed by atoms with Crippen LogP contribution in [0.25, 0.3) is 0 Å². The van der Waals surface area contributed by atoms with Crippen LogP contribution >= 0.6 is 0 Å². The van der Waals surface area contributed by atoms with E-state index in [1.54, 1.807) is 7.11 Å². The Morgan fingerprint density at radius 1 is 1.35 bits per heavy atom. The van der Waals surface area contributed by atoms with E-state index in [0.717, 1.165) is 19.3 Å². The molecule has 5 heteroatoms. The summed E-state index contributed by atoms with van der Waals surface area (Å²) in [4.78, 5) is 11.5. The molecule has 0 aromatic heterocycles. The Bertz CT molecular complexity index is 213. The first-order chi connectivity index (χ1) is 7.89. The van der Waals surface area contributed by atoms with Crippen molar-refractivity contribution in [3.63, 3.8) is 0 Å². The van der Waals surface area contributed by atoms with Crippen LogP contribution in [0, 0.1) is 0 Å². The molecule has 1 atom stereocenters. The highest BCUT2D eigenvalue weighted by atomic mass is 16.6. The van der Waals surface area contributed by atoms with Crippen molar-refractivity contribution in [1.82, 2.24) is 5.32 Å². The van der Waals surface area contributed by atoms with Crippen LogP contribution in [0.1, 0.15) is 40.0 Å². The summed E-state index contributed by atoms with van der Waals surface area (Å²) in [5.41, 5.74) is -0.493. The maximum Gasteiger partial charge on any atom is 0.407 e. The first-order valence-corrected chi connectivity index (χ1v) is 5.98. The number of carbonyl (C=O) groups is 1. The van der Waals surface area contributed by atoms with Crippen LogP contribution in [0.2, 0.25) is 0 Å². The normalized spacial score (nSPS) is 13.2. The summed E-state index contributed by atoms with van der Waals surface area (Å²) >= 11 is 0. The zero-order valence-corrected chi connectivity index (χ0v) is 11.3. The van der Waals surface area contributed by atoms with Crippen molar-refractivity contribution in [2.75, 3.05) is 20.3 Å². The van der Waals surface area contributed by atoms with E-state index in [0.29, 0.717) is 6.61 Å². The van der Waals surface area contributed by atoms with Gasteiger partial charge < -0.3 is 19.9 Å². The van der Waals surface area contributed by atoms with Crippen LogP contribution < -0.4 is 5.32 Å². The summed E-state index contributed by atoms with van der Waals surface area (Å²) in [6, 6.07) is -0.0681. The van der Waals surface area contributed by atoms with Crippen LogP contribution in [0.4, 0.5) is 4.79 Å². The lowest BCUT2D eigenvalue weighted by molar-refractivity contribution is 0.0463. The molecule has 0 spiro atoms. The van der Waals surface area contributed by atoms with Crippen molar-refractivity contribution in [1.29, 1.82) is 0 Å². The molecule has 5 nitrogen and oxygen atoms in total. The highest BCUT2D eigenvalue weighted by Gasteiger charge is 2.19. The van der Waals surface area contributed by atoms with Gasteiger partial charge in [-0.25, -0.2) is 4.79 Å². The average molecular weight is 247 g/mol. The van der Waals surface area contributed by atoms with Crippen LogP contribution in [0.15, 0.2) is 0 Å². The molecular formula is C12H25NO4. The van der Waals surface area contributed by atoms with Gasteiger partial charge in [0.1, 0.15) is 5.60 Å². The molecule has 0 aliphatic carbocycles. The molecular weight excluding hydrogens is 222 g/mol. The van der Waals surface area contributed by atoms with Gasteiger partial charge in [-0.3, -0.25) is 0 Å². The summed E-state index contributed by atoms with van der Waals surface area (Å²) in [6.45, 7) is 6.09. The Hall–Kier alpha value is -0.810. The second-order valence-corrected chi connectivity index (χ2v) is 5.02. The smallest absolute Gasteiger partial charge is 0.407 e. The minimum absolute atomic E-state index is 0.0681. The van der Waals surface area contributed by atoms with E-state index in [2.05, 4.69) is 5.32 Å². The van der Waals surface area contributed by atoms with E-state index >= 15 is 0 Å². The molecule has 0 saturated heterocycles. The predicted molar refractivity (Wildman–Crippen MR) is 66.0 cm³/mol. The largest absolute Gasteiger partial charge is 0.444 e. The number of hydrogen-bond donors (Lipinski definition) is 2. The summed E-state index contributed by atoms with van der Waals surface area (Å²) < 4.78 is 10.2. The molecule has 0 aromatic rings. The highest BCUT2D eigenvalue weighted by Crippen LogP contribution is 2.08. The lowest BCUT2D eigenvalue weighted by Gasteiger charge is -2.23. The van der Waals surface area contributed by atoms with Gasteiger partial charge in [-0.1, -0.05) is 0 Å². The van der Waals surface area contributed by atoms with E-state index in [-0.39, 0.29) is 12.6 Å². The molecule has 2 N–H and O–H groups in total. The highest BCUT2D eigenvalue weighted by molar-refractivity contribution is 5.68. The molecule has 102 valence electrons. The number of unbranched alkanes of at least 4 members (excludes halogenated alkanes) is 1. The quantitative estimate of drug-likeness (QED) is 0.672. The Morgan fingerprint density at radius 2 is 2.00 bits per heavy atom. The van der Waals surface area contributed by atoms with Crippen molar-refractivity contribution in [3.8, 4) is 0 Å². The van der Waals surface area contributed by atoms with Gasteiger partial charge in [0.25, 0.3) is 0 Å². The second-order valence-electron chi connectivity index (χ2n) is 5.02. The van der Waals surface area contributed by atoms with Gasteiger partial charge >= 0.3 is 6.09 Å².